The molecular formula is C10H10ClFN2O2. The first-order chi connectivity index (χ1) is 7.49. The molecule has 0 saturated heterocycles. The molecule has 1 aromatic carbocycles. The lowest BCUT2D eigenvalue weighted by atomic mass is 10.3. The van der Waals surface area contributed by atoms with Crippen molar-refractivity contribution >= 4 is 29.2 Å². The second-order valence-electron chi connectivity index (χ2n) is 3.07. The molecule has 1 aromatic rings. The Hall–Kier alpha value is -1.62. The maximum Gasteiger partial charge on any atom is 0.325 e. The van der Waals surface area contributed by atoms with E-state index in [0.717, 1.165) is 6.07 Å². The number of carbonyl (C=O) groups excluding carboxylic acids is 2. The van der Waals surface area contributed by atoms with Crippen LogP contribution in [0.4, 0.5) is 14.9 Å². The highest BCUT2D eigenvalue weighted by Gasteiger charge is 2.12. The molecule has 2 N–H and O–H groups in total. The summed E-state index contributed by atoms with van der Waals surface area (Å²) in [5.74, 6) is -1.09. The molecule has 0 spiro atoms. The summed E-state index contributed by atoms with van der Waals surface area (Å²) in [7, 11) is 0. The van der Waals surface area contributed by atoms with E-state index in [1.54, 1.807) is 0 Å². The fourth-order valence-electron chi connectivity index (χ4n) is 0.940. The number of benzene rings is 1. The third-order valence-corrected chi connectivity index (χ3v) is 1.88. The molecule has 0 fully saturated rings. The first kappa shape index (κ1) is 12.4. The third-order valence-electron chi connectivity index (χ3n) is 1.68. The van der Waals surface area contributed by atoms with Gasteiger partial charge in [-0.3, -0.25) is 10.1 Å². The lowest BCUT2D eigenvalue weighted by Crippen LogP contribution is -2.38. The minimum absolute atomic E-state index is 0.257. The number of carbonyl (C=O) groups is 2. The van der Waals surface area contributed by atoms with E-state index in [1.165, 1.54) is 25.1 Å². The monoisotopic (exact) mass is 244 g/mol. The molecule has 0 radical (unpaired) electrons. The predicted molar refractivity (Wildman–Crippen MR) is 58.9 cm³/mol. The Balaban J connectivity index is 2.55. The number of hydrogen-bond acceptors (Lipinski definition) is 2. The predicted octanol–water partition coefficient (Wildman–Crippen LogP) is 2.10. The van der Waals surface area contributed by atoms with Gasteiger partial charge in [0, 0.05) is 5.69 Å². The molecule has 86 valence electrons. The molecule has 1 unspecified atom stereocenters. The summed E-state index contributed by atoms with van der Waals surface area (Å²) in [6, 6.07) is 4.57. The van der Waals surface area contributed by atoms with E-state index in [1.807, 2.05) is 5.32 Å². The zero-order valence-electron chi connectivity index (χ0n) is 8.46. The molecule has 0 aromatic heterocycles. The van der Waals surface area contributed by atoms with Crippen molar-refractivity contribution in [2.24, 2.45) is 0 Å². The largest absolute Gasteiger partial charge is 0.325 e. The number of hydrogen-bond donors (Lipinski definition) is 2. The second-order valence-corrected chi connectivity index (χ2v) is 3.72. The van der Waals surface area contributed by atoms with E-state index >= 15 is 0 Å². The van der Waals surface area contributed by atoms with Crippen LogP contribution in [-0.2, 0) is 4.79 Å². The standard InChI is InChI=1S/C10H10ClFN2O2/c1-6(11)9(15)14-10(16)13-8-4-2-3-7(12)5-8/h2-6H,1H3,(H2,13,14,15,16). The van der Waals surface area contributed by atoms with Crippen molar-refractivity contribution < 1.29 is 14.0 Å². The van der Waals surface area contributed by atoms with Crippen molar-refractivity contribution in [1.82, 2.24) is 5.32 Å². The Morgan fingerprint density at radius 1 is 1.44 bits per heavy atom. The van der Waals surface area contributed by atoms with Gasteiger partial charge in [0.05, 0.1) is 0 Å². The minimum atomic E-state index is -0.807. The molecule has 0 saturated carbocycles. The van der Waals surface area contributed by atoms with Crippen molar-refractivity contribution in [2.45, 2.75) is 12.3 Å². The number of rotatable bonds is 2. The normalized spacial score (nSPS) is 11.7. The summed E-state index contributed by atoms with van der Waals surface area (Å²) in [6.07, 6.45) is 0. The smallest absolute Gasteiger partial charge is 0.308 e. The van der Waals surface area contributed by atoms with Gasteiger partial charge in [-0.05, 0) is 25.1 Å². The number of alkyl halides is 1. The maximum atomic E-state index is 12.7. The van der Waals surface area contributed by atoms with Crippen LogP contribution < -0.4 is 10.6 Å². The van der Waals surface area contributed by atoms with Gasteiger partial charge < -0.3 is 5.32 Å². The fourth-order valence-corrected chi connectivity index (χ4v) is 0.994. The van der Waals surface area contributed by atoms with Crippen molar-refractivity contribution in [3.05, 3.63) is 30.1 Å². The van der Waals surface area contributed by atoms with E-state index in [-0.39, 0.29) is 5.69 Å². The molecule has 4 nitrogen and oxygen atoms in total. The average Bonchev–Trinajstić information content (AvgIpc) is 2.16. The van der Waals surface area contributed by atoms with Crippen LogP contribution in [-0.4, -0.2) is 17.3 Å². The van der Waals surface area contributed by atoms with E-state index in [2.05, 4.69) is 5.32 Å². The van der Waals surface area contributed by atoms with Gasteiger partial charge in [-0.25, -0.2) is 9.18 Å². The van der Waals surface area contributed by atoms with Crippen molar-refractivity contribution in [3.8, 4) is 0 Å². The van der Waals surface area contributed by atoms with E-state index in [0.29, 0.717) is 0 Å². The second kappa shape index (κ2) is 5.46. The number of halogens is 2. The summed E-state index contributed by atoms with van der Waals surface area (Å²) >= 11 is 5.45. The number of amides is 3. The van der Waals surface area contributed by atoms with Gasteiger partial charge in [0.15, 0.2) is 0 Å². The molecule has 0 aliphatic carbocycles. The summed E-state index contributed by atoms with van der Waals surface area (Å²) in [5.41, 5.74) is 0.257. The lowest BCUT2D eigenvalue weighted by Gasteiger charge is -2.07. The highest BCUT2D eigenvalue weighted by Crippen LogP contribution is 2.08. The molecule has 1 atom stereocenters. The third kappa shape index (κ3) is 3.86. The maximum absolute atomic E-state index is 12.7. The summed E-state index contributed by atoms with van der Waals surface area (Å²) in [5, 5.41) is 3.50. The molecular weight excluding hydrogens is 235 g/mol. The van der Waals surface area contributed by atoms with Crippen LogP contribution in [0.25, 0.3) is 0 Å². The molecule has 6 heteroatoms. The van der Waals surface area contributed by atoms with Crippen molar-refractivity contribution in [1.29, 1.82) is 0 Å². The Morgan fingerprint density at radius 2 is 2.12 bits per heavy atom. The van der Waals surface area contributed by atoms with Crippen LogP contribution in [0.5, 0.6) is 0 Å². The Morgan fingerprint density at radius 3 is 2.69 bits per heavy atom. The highest BCUT2D eigenvalue weighted by molar-refractivity contribution is 6.31. The van der Waals surface area contributed by atoms with Crippen LogP contribution in [0, 0.1) is 5.82 Å². The van der Waals surface area contributed by atoms with Crippen LogP contribution in [0.3, 0.4) is 0 Å². The summed E-state index contributed by atoms with van der Waals surface area (Å²) in [4.78, 5) is 22.2. The number of urea groups is 1. The van der Waals surface area contributed by atoms with Crippen LogP contribution in [0.2, 0.25) is 0 Å². The van der Waals surface area contributed by atoms with Gasteiger partial charge in [-0.2, -0.15) is 0 Å². The van der Waals surface area contributed by atoms with Gasteiger partial charge in [0.25, 0.3) is 0 Å². The quantitative estimate of drug-likeness (QED) is 0.783. The molecule has 0 heterocycles. The summed E-state index contributed by atoms with van der Waals surface area (Å²) < 4.78 is 12.7. The van der Waals surface area contributed by atoms with Gasteiger partial charge >= 0.3 is 6.03 Å². The first-order valence-electron chi connectivity index (χ1n) is 4.50. The molecule has 0 aliphatic heterocycles. The Bertz CT molecular complexity index is 410. The van der Waals surface area contributed by atoms with Crippen LogP contribution >= 0.6 is 11.6 Å². The van der Waals surface area contributed by atoms with Crippen molar-refractivity contribution in [3.63, 3.8) is 0 Å². The fraction of sp³-hybridized carbons (Fsp3) is 0.200. The molecule has 3 amide bonds. The molecule has 0 aliphatic rings. The number of anilines is 1. The zero-order chi connectivity index (χ0) is 12.1. The van der Waals surface area contributed by atoms with Gasteiger partial charge in [0.2, 0.25) is 5.91 Å². The van der Waals surface area contributed by atoms with Crippen molar-refractivity contribution in [2.75, 3.05) is 5.32 Å². The lowest BCUT2D eigenvalue weighted by molar-refractivity contribution is -0.119. The molecule has 1 rings (SSSR count). The Labute approximate surface area is 96.8 Å². The number of nitrogens with one attached hydrogen (secondary N) is 2. The highest BCUT2D eigenvalue weighted by atomic mass is 35.5. The molecule has 16 heavy (non-hydrogen) atoms. The van der Waals surface area contributed by atoms with Crippen LogP contribution in [0.1, 0.15) is 6.92 Å². The SMILES string of the molecule is CC(Cl)C(=O)NC(=O)Nc1cccc(F)c1. The zero-order valence-corrected chi connectivity index (χ0v) is 9.22. The topological polar surface area (TPSA) is 58.2 Å². The minimum Gasteiger partial charge on any atom is -0.308 e. The van der Waals surface area contributed by atoms with Gasteiger partial charge in [0.1, 0.15) is 11.2 Å². The summed E-state index contributed by atoms with van der Waals surface area (Å²) in [6.45, 7) is 1.44. The molecule has 0 bridgehead atoms. The van der Waals surface area contributed by atoms with E-state index < -0.39 is 23.1 Å². The van der Waals surface area contributed by atoms with Gasteiger partial charge in [-0.15, -0.1) is 11.6 Å². The average molecular weight is 245 g/mol. The van der Waals surface area contributed by atoms with E-state index in [4.69, 9.17) is 11.6 Å². The van der Waals surface area contributed by atoms with Gasteiger partial charge in [-0.1, -0.05) is 6.07 Å². The Kier molecular flexibility index (Phi) is 4.25. The first-order valence-corrected chi connectivity index (χ1v) is 4.94. The number of imide groups is 1. The van der Waals surface area contributed by atoms with E-state index in [9.17, 15) is 14.0 Å². The van der Waals surface area contributed by atoms with Crippen LogP contribution in [0.15, 0.2) is 24.3 Å².